The lowest BCUT2D eigenvalue weighted by Gasteiger charge is -2.18. The van der Waals surface area contributed by atoms with Gasteiger partial charge in [0.05, 0.1) is 12.8 Å². The summed E-state index contributed by atoms with van der Waals surface area (Å²) in [6.45, 7) is 1.53. The molecule has 0 atom stereocenters. The van der Waals surface area contributed by atoms with Crippen LogP contribution in [0.4, 0.5) is 0 Å². The van der Waals surface area contributed by atoms with Crippen LogP contribution in [0.3, 0.4) is 0 Å². The Morgan fingerprint density at radius 1 is 1.20 bits per heavy atom. The fourth-order valence-electron chi connectivity index (χ4n) is 2.63. The zero-order valence-electron chi connectivity index (χ0n) is 13.3. The van der Waals surface area contributed by atoms with Gasteiger partial charge in [-0.3, -0.25) is 4.79 Å². The SMILES string of the molecule is O=C(NCc1nc(C2CCOCC2)no1)c1cc(-c2ccco2)on1. The molecule has 4 rings (SSSR count). The average Bonchev–Trinajstić information content (AvgIpc) is 3.41. The van der Waals surface area contributed by atoms with Gasteiger partial charge in [0.2, 0.25) is 11.7 Å². The fourth-order valence-corrected chi connectivity index (χ4v) is 2.63. The normalized spacial score (nSPS) is 15.4. The maximum Gasteiger partial charge on any atom is 0.273 e. The number of ether oxygens (including phenoxy) is 1. The van der Waals surface area contributed by atoms with E-state index in [9.17, 15) is 4.79 Å². The summed E-state index contributed by atoms with van der Waals surface area (Å²) in [5.74, 6) is 1.75. The van der Waals surface area contributed by atoms with E-state index in [-0.39, 0.29) is 18.2 Å². The van der Waals surface area contributed by atoms with Gasteiger partial charge in [0.25, 0.3) is 5.91 Å². The van der Waals surface area contributed by atoms with Gasteiger partial charge in [-0.05, 0) is 25.0 Å². The molecule has 0 radical (unpaired) electrons. The van der Waals surface area contributed by atoms with Crippen molar-refractivity contribution in [2.45, 2.75) is 25.3 Å². The summed E-state index contributed by atoms with van der Waals surface area (Å²) in [7, 11) is 0. The number of amides is 1. The molecule has 0 aromatic carbocycles. The van der Waals surface area contributed by atoms with Crippen LogP contribution >= 0.6 is 0 Å². The van der Waals surface area contributed by atoms with Crippen LogP contribution in [0.1, 0.15) is 41.0 Å². The van der Waals surface area contributed by atoms with Gasteiger partial charge in [0.15, 0.2) is 17.3 Å². The largest absolute Gasteiger partial charge is 0.461 e. The molecule has 1 amide bonds. The standard InChI is InChI=1S/C16H16N4O5/c21-16(11-8-13(24-19-11)12-2-1-5-23-12)17-9-14-18-15(20-25-14)10-3-6-22-7-4-10/h1-2,5,8,10H,3-4,6-7,9H2,(H,17,21). The first-order valence-corrected chi connectivity index (χ1v) is 7.98. The summed E-state index contributed by atoms with van der Waals surface area (Å²) in [4.78, 5) is 16.5. The van der Waals surface area contributed by atoms with Crippen LogP contribution in [-0.2, 0) is 11.3 Å². The zero-order valence-corrected chi connectivity index (χ0v) is 13.3. The fraction of sp³-hybridized carbons (Fsp3) is 0.375. The molecule has 1 N–H and O–H groups in total. The summed E-state index contributed by atoms with van der Waals surface area (Å²) >= 11 is 0. The Kier molecular flexibility index (Phi) is 4.30. The molecule has 3 aromatic rings. The molecule has 9 nitrogen and oxygen atoms in total. The molecule has 4 heterocycles. The molecule has 25 heavy (non-hydrogen) atoms. The smallest absolute Gasteiger partial charge is 0.273 e. The maximum atomic E-state index is 12.1. The molecule has 1 saturated heterocycles. The first-order chi connectivity index (χ1) is 12.3. The third kappa shape index (κ3) is 3.45. The second-order valence-corrected chi connectivity index (χ2v) is 5.67. The molecular formula is C16H16N4O5. The summed E-state index contributed by atoms with van der Waals surface area (Å²) in [6.07, 6.45) is 3.27. The van der Waals surface area contributed by atoms with Gasteiger partial charge in [0.1, 0.15) is 0 Å². The maximum absolute atomic E-state index is 12.1. The van der Waals surface area contributed by atoms with Crippen molar-refractivity contribution in [3.05, 3.63) is 41.9 Å². The van der Waals surface area contributed by atoms with Gasteiger partial charge in [-0.2, -0.15) is 4.98 Å². The van der Waals surface area contributed by atoms with E-state index in [4.69, 9.17) is 18.2 Å². The molecule has 1 aliphatic heterocycles. The third-order valence-electron chi connectivity index (χ3n) is 3.98. The van der Waals surface area contributed by atoms with E-state index in [2.05, 4.69) is 20.6 Å². The Hall–Kier alpha value is -2.94. The van der Waals surface area contributed by atoms with E-state index < -0.39 is 5.91 Å². The minimum absolute atomic E-state index is 0.123. The van der Waals surface area contributed by atoms with Crippen LogP contribution in [-0.4, -0.2) is 34.4 Å². The van der Waals surface area contributed by atoms with Gasteiger partial charge in [0, 0.05) is 25.2 Å². The van der Waals surface area contributed by atoms with Crippen molar-refractivity contribution < 1.29 is 23.0 Å². The number of carbonyl (C=O) groups is 1. The Bertz CT molecular complexity index is 832. The Balaban J connectivity index is 1.35. The van der Waals surface area contributed by atoms with Crippen LogP contribution in [0.25, 0.3) is 11.5 Å². The molecule has 1 fully saturated rings. The first kappa shape index (κ1) is 15.6. The number of rotatable bonds is 5. The summed E-state index contributed by atoms with van der Waals surface area (Å²) < 4.78 is 20.8. The van der Waals surface area contributed by atoms with Gasteiger partial charge in [-0.15, -0.1) is 0 Å². The number of nitrogens with one attached hydrogen (secondary N) is 1. The molecule has 0 bridgehead atoms. The highest BCUT2D eigenvalue weighted by molar-refractivity contribution is 5.92. The molecule has 0 unspecified atom stereocenters. The molecule has 0 spiro atoms. The molecular weight excluding hydrogens is 328 g/mol. The van der Waals surface area contributed by atoms with Gasteiger partial charge in [-0.1, -0.05) is 10.3 Å². The van der Waals surface area contributed by atoms with E-state index in [0.29, 0.717) is 36.4 Å². The summed E-state index contributed by atoms with van der Waals surface area (Å²) in [5.41, 5.74) is 0.149. The Morgan fingerprint density at radius 3 is 2.88 bits per heavy atom. The minimum Gasteiger partial charge on any atom is -0.461 e. The summed E-state index contributed by atoms with van der Waals surface area (Å²) in [6, 6.07) is 4.96. The van der Waals surface area contributed by atoms with E-state index in [0.717, 1.165) is 12.8 Å². The van der Waals surface area contributed by atoms with Gasteiger partial charge < -0.3 is 23.5 Å². The molecule has 3 aromatic heterocycles. The zero-order chi connectivity index (χ0) is 17.1. The molecule has 0 aliphatic carbocycles. The Morgan fingerprint density at radius 2 is 2.08 bits per heavy atom. The summed E-state index contributed by atoms with van der Waals surface area (Å²) in [5, 5.41) is 10.4. The second-order valence-electron chi connectivity index (χ2n) is 5.67. The van der Waals surface area contributed by atoms with E-state index >= 15 is 0 Å². The molecule has 1 aliphatic rings. The lowest BCUT2D eigenvalue weighted by atomic mass is 10.00. The van der Waals surface area contributed by atoms with Crippen molar-refractivity contribution in [2.75, 3.05) is 13.2 Å². The first-order valence-electron chi connectivity index (χ1n) is 7.98. The van der Waals surface area contributed by atoms with E-state index in [1.54, 1.807) is 12.1 Å². The third-order valence-corrected chi connectivity index (χ3v) is 3.98. The number of furan rings is 1. The van der Waals surface area contributed by atoms with Gasteiger partial charge >= 0.3 is 0 Å². The number of carbonyl (C=O) groups excluding carboxylic acids is 1. The lowest BCUT2D eigenvalue weighted by Crippen LogP contribution is -2.23. The van der Waals surface area contributed by atoms with Crippen molar-refractivity contribution in [1.82, 2.24) is 20.6 Å². The number of hydrogen-bond donors (Lipinski definition) is 1. The topological polar surface area (TPSA) is 116 Å². The number of nitrogens with zero attached hydrogens (tertiary/aromatic N) is 3. The lowest BCUT2D eigenvalue weighted by molar-refractivity contribution is 0.0830. The second kappa shape index (κ2) is 6.89. The van der Waals surface area contributed by atoms with Crippen molar-refractivity contribution in [3.8, 4) is 11.5 Å². The minimum atomic E-state index is -0.396. The van der Waals surface area contributed by atoms with Gasteiger partial charge in [-0.25, -0.2) is 0 Å². The molecule has 130 valence electrons. The van der Waals surface area contributed by atoms with Crippen molar-refractivity contribution in [1.29, 1.82) is 0 Å². The van der Waals surface area contributed by atoms with Crippen LogP contribution in [0.15, 0.2) is 37.9 Å². The van der Waals surface area contributed by atoms with Crippen LogP contribution in [0.5, 0.6) is 0 Å². The predicted octanol–water partition coefficient (Wildman–Crippen LogP) is 2.14. The van der Waals surface area contributed by atoms with E-state index in [1.807, 2.05) is 0 Å². The predicted molar refractivity (Wildman–Crippen MR) is 82.5 cm³/mol. The van der Waals surface area contributed by atoms with Crippen molar-refractivity contribution in [3.63, 3.8) is 0 Å². The van der Waals surface area contributed by atoms with Crippen LogP contribution in [0.2, 0.25) is 0 Å². The Labute approximate surface area is 142 Å². The van der Waals surface area contributed by atoms with Crippen molar-refractivity contribution >= 4 is 5.91 Å². The number of aromatic nitrogens is 3. The highest BCUT2D eigenvalue weighted by Crippen LogP contribution is 2.24. The number of hydrogen-bond acceptors (Lipinski definition) is 8. The molecule has 9 heteroatoms. The van der Waals surface area contributed by atoms with Crippen LogP contribution in [0, 0.1) is 0 Å². The monoisotopic (exact) mass is 344 g/mol. The average molecular weight is 344 g/mol. The molecule has 0 saturated carbocycles. The highest BCUT2D eigenvalue weighted by atomic mass is 16.5. The quantitative estimate of drug-likeness (QED) is 0.748. The van der Waals surface area contributed by atoms with Crippen molar-refractivity contribution in [2.24, 2.45) is 0 Å². The van der Waals surface area contributed by atoms with Crippen LogP contribution < -0.4 is 5.32 Å². The highest BCUT2D eigenvalue weighted by Gasteiger charge is 2.22. The van der Waals surface area contributed by atoms with E-state index in [1.165, 1.54) is 12.3 Å².